The highest BCUT2D eigenvalue weighted by molar-refractivity contribution is 5.97. The topological polar surface area (TPSA) is 108 Å². The molecule has 1 aliphatic heterocycles. The standard InChI is InChI=1S/C26H27F3N4O4.ClH/c1-14(2)23(30)25(35)37-13-26(28,29)12-33-24(16-4-7-18(27)8-5-16)22(15(3)32-33)17-6-9-20-19(10-17)31-21(34)11-36-20;/h4-10,14,23H,11-13,30H2,1-3H3,(H,31,34);1H/t23-;/m0./s1. The number of carbonyl (C=O) groups excluding carboxylic acids is 2. The van der Waals surface area contributed by atoms with Crippen LogP contribution in [0.25, 0.3) is 22.4 Å². The molecule has 0 saturated heterocycles. The molecule has 4 rings (SSSR count). The van der Waals surface area contributed by atoms with Gasteiger partial charge in [-0.25, -0.2) is 13.2 Å². The molecule has 3 N–H and O–H groups in total. The molecule has 0 spiro atoms. The summed E-state index contributed by atoms with van der Waals surface area (Å²) in [5.41, 5.74) is 8.42. The molecule has 1 aromatic heterocycles. The van der Waals surface area contributed by atoms with E-state index in [4.69, 9.17) is 15.2 Å². The maximum absolute atomic E-state index is 15.0. The van der Waals surface area contributed by atoms with E-state index in [1.807, 2.05) is 0 Å². The first-order chi connectivity index (χ1) is 17.4. The van der Waals surface area contributed by atoms with Crippen LogP contribution in [0.15, 0.2) is 42.5 Å². The molecule has 1 aliphatic rings. The third-order valence-electron chi connectivity index (χ3n) is 5.94. The molecule has 0 radical (unpaired) electrons. The number of nitrogens with one attached hydrogen (secondary N) is 1. The third kappa shape index (κ3) is 6.28. The number of aryl methyl sites for hydroxylation is 1. The fourth-order valence-corrected chi connectivity index (χ4v) is 3.99. The highest BCUT2D eigenvalue weighted by Crippen LogP contribution is 2.40. The monoisotopic (exact) mass is 552 g/mol. The maximum Gasteiger partial charge on any atom is 0.323 e. The van der Waals surface area contributed by atoms with Gasteiger partial charge < -0.3 is 20.5 Å². The van der Waals surface area contributed by atoms with E-state index < -0.39 is 36.9 Å². The molecule has 3 aromatic rings. The molecule has 2 aromatic carbocycles. The van der Waals surface area contributed by atoms with E-state index in [2.05, 4.69) is 10.4 Å². The number of hydrogen-bond acceptors (Lipinski definition) is 6. The van der Waals surface area contributed by atoms with Crippen LogP contribution >= 0.6 is 12.4 Å². The van der Waals surface area contributed by atoms with Crippen molar-refractivity contribution in [1.82, 2.24) is 9.78 Å². The van der Waals surface area contributed by atoms with Crippen LogP contribution in [0.3, 0.4) is 0 Å². The number of carbonyl (C=O) groups is 2. The number of esters is 1. The molecule has 0 unspecified atom stereocenters. The molecule has 0 saturated carbocycles. The van der Waals surface area contributed by atoms with Gasteiger partial charge in [0.2, 0.25) is 0 Å². The van der Waals surface area contributed by atoms with E-state index in [1.54, 1.807) is 39.0 Å². The zero-order valence-corrected chi connectivity index (χ0v) is 21.8. The van der Waals surface area contributed by atoms with E-state index in [-0.39, 0.29) is 30.8 Å². The Labute approximate surface area is 223 Å². The van der Waals surface area contributed by atoms with Crippen LogP contribution in [-0.4, -0.2) is 46.8 Å². The van der Waals surface area contributed by atoms with Crippen LogP contribution in [-0.2, 0) is 20.9 Å². The second-order valence-electron chi connectivity index (χ2n) is 9.25. The van der Waals surface area contributed by atoms with Crippen LogP contribution in [0.2, 0.25) is 0 Å². The van der Waals surface area contributed by atoms with Gasteiger partial charge in [-0.05, 0) is 54.8 Å². The van der Waals surface area contributed by atoms with E-state index in [0.29, 0.717) is 39.5 Å². The van der Waals surface area contributed by atoms with E-state index in [1.165, 1.54) is 24.3 Å². The molecule has 12 heteroatoms. The Morgan fingerprint density at radius 2 is 1.87 bits per heavy atom. The fourth-order valence-electron chi connectivity index (χ4n) is 3.99. The summed E-state index contributed by atoms with van der Waals surface area (Å²) in [5.74, 6) is -4.99. The molecule has 8 nitrogen and oxygen atoms in total. The van der Waals surface area contributed by atoms with Gasteiger partial charge in [0.05, 0.1) is 17.1 Å². The minimum atomic E-state index is -3.48. The second-order valence-corrected chi connectivity index (χ2v) is 9.25. The normalized spacial score (nSPS) is 13.7. The predicted octanol–water partition coefficient (Wildman–Crippen LogP) is 4.58. The van der Waals surface area contributed by atoms with Gasteiger partial charge in [-0.2, -0.15) is 5.10 Å². The lowest BCUT2D eigenvalue weighted by atomic mass is 9.98. The first-order valence-corrected chi connectivity index (χ1v) is 11.7. The number of alkyl halides is 2. The van der Waals surface area contributed by atoms with E-state index in [0.717, 1.165) is 4.68 Å². The number of amides is 1. The number of nitrogens with two attached hydrogens (primary N) is 1. The number of nitrogens with zero attached hydrogens (tertiary/aromatic N) is 2. The van der Waals surface area contributed by atoms with Crippen molar-refractivity contribution in [2.24, 2.45) is 11.7 Å². The lowest BCUT2D eigenvalue weighted by Gasteiger charge is -2.21. The van der Waals surface area contributed by atoms with Crippen LogP contribution in [0.1, 0.15) is 19.5 Å². The average Bonchev–Trinajstić information content (AvgIpc) is 3.16. The molecule has 2 heterocycles. The predicted molar refractivity (Wildman–Crippen MR) is 138 cm³/mol. The summed E-state index contributed by atoms with van der Waals surface area (Å²) >= 11 is 0. The van der Waals surface area contributed by atoms with E-state index >= 15 is 8.78 Å². The van der Waals surface area contributed by atoms with Crippen LogP contribution in [0, 0.1) is 18.7 Å². The Hall–Kier alpha value is -3.57. The number of fused-ring (bicyclic) bond motifs is 1. The fraction of sp³-hybridized carbons (Fsp3) is 0.346. The number of rotatable bonds is 8. The van der Waals surface area contributed by atoms with Gasteiger partial charge in [-0.1, -0.05) is 19.9 Å². The number of anilines is 1. The minimum Gasteiger partial charge on any atom is -0.482 e. The van der Waals surface area contributed by atoms with Crippen molar-refractivity contribution in [3.05, 3.63) is 54.0 Å². The number of halogens is 4. The molecule has 1 atom stereocenters. The maximum atomic E-state index is 15.0. The summed E-state index contributed by atoms with van der Waals surface area (Å²) in [4.78, 5) is 23.8. The Morgan fingerprint density at radius 1 is 1.21 bits per heavy atom. The summed E-state index contributed by atoms with van der Waals surface area (Å²) in [6, 6.07) is 9.43. The second kappa shape index (κ2) is 11.4. The Kier molecular flexibility index (Phi) is 8.73. The van der Waals surface area contributed by atoms with Crippen LogP contribution in [0.4, 0.5) is 18.9 Å². The third-order valence-corrected chi connectivity index (χ3v) is 5.94. The largest absolute Gasteiger partial charge is 0.482 e. The van der Waals surface area contributed by atoms with Crippen molar-refractivity contribution in [2.75, 3.05) is 18.5 Å². The molecule has 0 aliphatic carbocycles. The summed E-state index contributed by atoms with van der Waals surface area (Å²) in [7, 11) is 0. The lowest BCUT2D eigenvalue weighted by molar-refractivity contribution is -0.159. The SMILES string of the molecule is Cc1nn(CC(F)(F)COC(=O)[C@@H](N)C(C)C)c(-c2ccc(F)cc2)c1-c1ccc2c(c1)NC(=O)CO2.Cl. The quantitative estimate of drug-likeness (QED) is 0.396. The van der Waals surface area contributed by atoms with Crippen molar-refractivity contribution in [3.63, 3.8) is 0 Å². The van der Waals surface area contributed by atoms with Gasteiger partial charge in [0.25, 0.3) is 5.91 Å². The van der Waals surface area contributed by atoms with Gasteiger partial charge in [0.15, 0.2) is 13.2 Å². The molecule has 0 bridgehead atoms. The molecular weight excluding hydrogens is 525 g/mol. The smallest absolute Gasteiger partial charge is 0.323 e. The van der Waals surface area contributed by atoms with Crippen molar-refractivity contribution >= 4 is 30.0 Å². The molecular formula is C26H28ClF3N4O4. The highest BCUT2D eigenvalue weighted by Gasteiger charge is 2.35. The Morgan fingerprint density at radius 3 is 2.53 bits per heavy atom. The van der Waals surface area contributed by atoms with Gasteiger partial charge in [-0.3, -0.25) is 14.3 Å². The van der Waals surface area contributed by atoms with Gasteiger partial charge in [0.1, 0.15) is 24.2 Å². The first-order valence-electron chi connectivity index (χ1n) is 11.7. The first kappa shape index (κ1) is 29.0. The Balaban J connectivity index is 0.00000400. The minimum absolute atomic E-state index is 0. The van der Waals surface area contributed by atoms with Crippen LogP contribution in [0.5, 0.6) is 5.75 Å². The number of ether oxygens (including phenoxy) is 2. The van der Waals surface area contributed by atoms with Crippen molar-refractivity contribution in [2.45, 2.75) is 39.3 Å². The van der Waals surface area contributed by atoms with E-state index in [9.17, 15) is 14.0 Å². The summed E-state index contributed by atoms with van der Waals surface area (Å²) < 4.78 is 55.0. The molecule has 1 amide bonds. The summed E-state index contributed by atoms with van der Waals surface area (Å²) in [6.45, 7) is 2.84. The van der Waals surface area contributed by atoms with Gasteiger partial charge in [0, 0.05) is 11.1 Å². The molecule has 38 heavy (non-hydrogen) atoms. The highest BCUT2D eigenvalue weighted by atomic mass is 35.5. The number of hydrogen-bond donors (Lipinski definition) is 2. The van der Waals surface area contributed by atoms with Gasteiger partial charge in [-0.15, -0.1) is 12.4 Å². The van der Waals surface area contributed by atoms with Gasteiger partial charge >= 0.3 is 11.9 Å². The summed E-state index contributed by atoms with van der Waals surface area (Å²) in [6.07, 6.45) is 0. The van der Waals surface area contributed by atoms with Crippen molar-refractivity contribution in [3.8, 4) is 28.1 Å². The zero-order valence-electron chi connectivity index (χ0n) is 21.0. The molecule has 0 fully saturated rings. The van der Waals surface area contributed by atoms with Crippen molar-refractivity contribution in [1.29, 1.82) is 0 Å². The van der Waals surface area contributed by atoms with Crippen LogP contribution < -0.4 is 15.8 Å². The zero-order chi connectivity index (χ0) is 26.9. The average molecular weight is 553 g/mol. The van der Waals surface area contributed by atoms with Crippen molar-refractivity contribution < 1.29 is 32.2 Å². The summed E-state index contributed by atoms with van der Waals surface area (Å²) in [5, 5.41) is 7.07. The number of benzene rings is 2. The Bertz CT molecular complexity index is 1330. The lowest BCUT2D eigenvalue weighted by Crippen LogP contribution is -2.40. The number of aromatic nitrogens is 2. The molecule has 204 valence electrons.